The molecule has 1 aliphatic heterocycles. The molecule has 1 saturated heterocycles. The Morgan fingerprint density at radius 3 is 2.65 bits per heavy atom. The Hall–Kier alpha value is -2.50. The number of hydrogen-bond acceptors (Lipinski definition) is 5. The molecule has 1 aliphatic rings. The van der Waals surface area contributed by atoms with E-state index in [1.807, 2.05) is 12.3 Å². The average Bonchev–Trinajstić information content (AvgIpc) is 3.04. The molecule has 136 valence electrons. The second-order valence-electron chi connectivity index (χ2n) is 7.96. The van der Waals surface area contributed by atoms with Gasteiger partial charge in [0.2, 0.25) is 0 Å². The van der Waals surface area contributed by atoms with Crippen LogP contribution in [0.15, 0.2) is 35.0 Å². The molecule has 0 spiro atoms. The first-order valence-corrected chi connectivity index (χ1v) is 9.05. The van der Waals surface area contributed by atoms with Gasteiger partial charge in [0.15, 0.2) is 5.58 Å². The third-order valence-corrected chi connectivity index (χ3v) is 4.98. The predicted molar refractivity (Wildman–Crippen MR) is 98.9 cm³/mol. The van der Waals surface area contributed by atoms with E-state index >= 15 is 0 Å². The van der Waals surface area contributed by atoms with E-state index in [9.17, 15) is 4.39 Å². The van der Waals surface area contributed by atoms with Gasteiger partial charge in [-0.25, -0.2) is 14.4 Å². The molecule has 0 bridgehead atoms. The minimum absolute atomic E-state index is 0.0662. The molecule has 5 nitrogen and oxygen atoms in total. The lowest BCUT2D eigenvalue weighted by atomic mass is 9.91. The standard InChI is InChI=1S/C20H23FN4O/c1-20(2,3)19-22-9-6-17(23-19)25-10-7-13(8-11-25)18-15-5-4-14(21)12-16(15)26-24-18/h4-6,9,12-13H,7-8,10-11H2,1-3H3. The van der Waals surface area contributed by atoms with Gasteiger partial charge >= 0.3 is 0 Å². The summed E-state index contributed by atoms with van der Waals surface area (Å²) in [4.78, 5) is 11.5. The van der Waals surface area contributed by atoms with Crippen molar-refractivity contribution >= 4 is 16.8 Å². The molecule has 0 amide bonds. The minimum Gasteiger partial charge on any atom is -0.356 e. The largest absolute Gasteiger partial charge is 0.356 e. The Balaban J connectivity index is 1.50. The van der Waals surface area contributed by atoms with Crippen molar-refractivity contribution in [3.63, 3.8) is 0 Å². The Morgan fingerprint density at radius 2 is 1.92 bits per heavy atom. The molecule has 26 heavy (non-hydrogen) atoms. The van der Waals surface area contributed by atoms with Crippen LogP contribution in [-0.2, 0) is 5.41 Å². The zero-order chi connectivity index (χ0) is 18.3. The first-order valence-electron chi connectivity index (χ1n) is 9.05. The van der Waals surface area contributed by atoms with Crippen LogP contribution in [0.4, 0.5) is 10.2 Å². The van der Waals surface area contributed by atoms with Crippen molar-refractivity contribution in [1.29, 1.82) is 0 Å². The van der Waals surface area contributed by atoms with Crippen molar-refractivity contribution in [2.24, 2.45) is 0 Å². The van der Waals surface area contributed by atoms with Gasteiger partial charge in [-0.3, -0.25) is 0 Å². The van der Waals surface area contributed by atoms with E-state index in [1.54, 1.807) is 6.07 Å². The second-order valence-corrected chi connectivity index (χ2v) is 7.96. The van der Waals surface area contributed by atoms with Crippen LogP contribution in [0, 0.1) is 5.82 Å². The van der Waals surface area contributed by atoms with E-state index in [4.69, 9.17) is 9.51 Å². The maximum atomic E-state index is 13.3. The molecule has 0 atom stereocenters. The first kappa shape index (κ1) is 16.9. The smallest absolute Gasteiger partial charge is 0.170 e. The van der Waals surface area contributed by atoms with Gasteiger partial charge in [-0.05, 0) is 31.0 Å². The van der Waals surface area contributed by atoms with E-state index in [0.717, 1.165) is 48.7 Å². The highest BCUT2D eigenvalue weighted by Crippen LogP contribution is 2.34. The average molecular weight is 354 g/mol. The molecule has 6 heteroatoms. The van der Waals surface area contributed by atoms with E-state index < -0.39 is 0 Å². The van der Waals surface area contributed by atoms with Gasteiger partial charge in [0.25, 0.3) is 0 Å². The van der Waals surface area contributed by atoms with E-state index in [0.29, 0.717) is 11.5 Å². The number of nitrogens with zero attached hydrogens (tertiary/aromatic N) is 4. The number of rotatable bonds is 2. The summed E-state index contributed by atoms with van der Waals surface area (Å²) in [5, 5.41) is 5.14. The molecule has 0 N–H and O–H groups in total. The second kappa shape index (κ2) is 6.34. The highest BCUT2D eigenvalue weighted by Gasteiger charge is 2.26. The monoisotopic (exact) mass is 354 g/mol. The van der Waals surface area contributed by atoms with E-state index in [-0.39, 0.29) is 11.2 Å². The normalized spacial score (nSPS) is 16.4. The van der Waals surface area contributed by atoms with Gasteiger partial charge < -0.3 is 9.42 Å². The van der Waals surface area contributed by atoms with Gasteiger partial charge in [0, 0.05) is 42.1 Å². The lowest BCUT2D eigenvalue weighted by molar-refractivity contribution is 0.415. The molecule has 2 aromatic heterocycles. The summed E-state index contributed by atoms with van der Waals surface area (Å²) in [7, 11) is 0. The van der Waals surface area contributed by atoms with Crippen LogP contribution in [0.5, 0.6) is 0 Å². The van der Waals surface area contributed by atoms with Gasteiger partial charge in [-0.2, -0.15) is 0 Å². The molecule has 0 radical (unpaired) electrons. The number of fused-ring (bicyclic) bond motifs is 1. The summed E-state index contributed by atoms with van der Waals surface area (Å²) in [6.07, 6.45) is 3.77. The summed E-state index contributed by atoms with van der Waals surface area (Å²) in [5.74, 6) is 1.87. The summed E-state index contributed by atoms with van der Waals surface area (Å²) >= 11 is 0. The summed E-state index contributed by atoms with van der Waals surface area (Å²) in [6, 6.07) is 6.61. The first-order chi connectivity index (χ1) is 12.4. The van der Waals surface area contributed by atoms with Crippen LogP contribution in [0.1, 0.15) is 51.0 Å². The molecule has 0 unspecified atom stereocenters. The highest BCUT2D eigenvalue weighted by molar-refractivity contribution is 5.80. The predicted octanol–water partition coefficient (Wildman–Crippen LogP) is 4.44. The molecule has 3 aromatic rings. The number of aromatic nitrogens is 3. The third-order valence-electron chi connectivity index (χ3n) is 4.98. The van der Waals surface area contributed by atoms with Gasteiger partial charge in [-0.1, -0.05) is 25.9 Å². The number of piperidine rings is 1. The highest BCUT2D eigenvalue weighted by atomic mass is 19.1. The van der Waals surface area contributed by atoms with E-state index in [2.05, 4.69) is 35.8 Å². The molecule has 0 saturated carbocycles. The SMILES string of the molecule is CC(C)(C)c1nccc(N2CCC(c3noc4cc(F)ccc34)CC2)n1. The summed E-state index contributed by atoms with van der Waals surface area (Å²) < 4.78 is 18.7. The maximum Gasteiger partial charge on any atom is 0.170 e. The fourth-order valence-corrected chi connectivity index (χ4v) is 3.49. The molecule has 1 aromatic carbocycles. The Kier molecular flexibility index (Phi) is 4.13. The maximum absolute atomic E-state index is 13.3. The van der Waals surface area contributed by atoms with Crippen molar-refractivity contribution in [1.82, 2.24) is 15.1 Å². The van der Waals surface area contributed by atoms with Crippen LogP contribution in [0.25, 0.3) is 11.0 Å². The van der Waals surface area contributed by atoms with Crippen molar-refractivity contribution in [3.8, 4) is 0 Å². The van der Waals surface area contributed by atoms with Crippen molar-refractivity contribution in [2.45, 2.75) is 44.9 Å². The molecular weight excluding hydrogens is 331 g/mol. The molecular formula is C20H23FN4O. The molecule has 0 aliphatic carbocycles. The van der Waals surface area contributed by atoms with Crippen molar-refractivity contribution < 1.29 is 8.91 Å². The van der Waals surface area contributed by atoms with Gasteiger partial charge in [0.05, 0.1) is 5.69 Å². The van der Waals surface area contributed by atoms with Crippen molar-refractivity contribution in [2.75, 3.05) is 18.0 Å². The number of halogens is 1. The molecule has 4 rings (SSSR count). The molecule has 3 heterocycles. The minimum atomic E-state index is -0.298. The topological polar surface area (TPSA) is 55.1 Å². The lowest BCUT2D eigenvalue weighted by Crippen LogP contribution is -2.34. The van der Waals surface area contributed by atoms with Gasteiger partial charge in [-0.15, -0.1) is 0 Å². The van der Waals surface area contributed by atoms with Gasteiger partial charge in [0.1, 0.15) is 17.5 Å². The van der Waals surface area contributed by atoms with E-state index in [1.165, 1.54) is 12.1 Å². The van der Waals surface area contributed by atoms with Crippen molar-refractivity contribution in [3.05, 3.63) is 47.8 Å². The number of hydrogen-bond donors (Lipinski definition) is 0. The zero-order valence-corrected chi connectivity index (χ0v) is 15.4. The van der Waals surface area contributed by atoms with Crippen LogP contribution < -0.4 is 4.90 Å². The number of anilines is 1. The Bertz CT molecular complexity index is 923. The fourth-order valence-electron chi connectivity index (χ4n) is 3.49. The third kappa shape index (κ3) is 3.16. The molecule has 1 fully saturated rings. The lowest BCUT2D eigenvalue weighted by Gasteiger charge is -2.32. The Labute approximate surface area is 152 Å². The fraction of sp³-hybridized carbons (Fsp3) is 0.450. The van der Waals surface area contributed by atoms with Crippen LogP contribution in [0.2, 0.25) is 0 Å². The quantitative estimate of drug-likeness (QED) is 0.681. The Morgan fingerprint density at radius 1 is 1.15 bits per heavy atom. The van der Waals surface area contributed by atoms with Crippen LogP contribution >= 0.6 is 0 Å². The zero-order valence-electron chi connectivity index (χ0n) is 15.4. The number of benzene rings is 1. The van der Waals surface area contributed by atoms with Crippen LogP contribution in [0.3, 0.4) is 0 Å². The summed E-state index contributed by atoms with van der Waals surface area (Å²) in [6.45, 7) is 8.17. The summed E-state index contributed by atoms with van der Waals surface area (Å²) in [5.41, 5.74) is 1.40. The van der Waals surface area contributed by atoms with Crippen LogP contribution in [-0.4, -0.2) is 28.2 Å².